The van der Waals surface area contributed by atoms with Gasteiger partial charge in [0.05, 0.1) is 35.0 Å². The molecule has 0 N–H and O–H groups in total. The minimum atomic E-state index is -0.203. The zero-order chi connectivity index (χ0) is 68.3. The van der Waals surface area contributed by atoms with E-state index in [9.17, 15) is 0 Å². The minimum absolute atomic E-state index is 0.203. The molecule has 0 unspecified atom stereocenters. The highest BCUT2D eigenvalue weighted by Gasteiger charge is 2.37. The highest BCUT2D eigenvalue weighted by Crippen LogP contribution is 2.58. The molecule has 98 heavy (non-hydrogen) atoms. The van der Waals surface area contributed by atoms with Crippen LogP contribution in [0.3, 0.4) is 0 Å². The Morgan fingerprint density at radius 2 is 0.531 bits per heavy atom. The normalized spacial score (nSPS) is 12.4. The first-order valence-electron chi connectivity index (χ1n) is 33.3. The molecule has 0 amide bonds. The summed E-state index contributed by atoms with van der Waals surface area (Å²) in [4.78, 5) is 57.5. The average molecular weight is 1280 g/mol. The number of aromatic nitrogens is 9. The van der Waals surface area contributed by atoms with Crippen molar-refractivity contribution in [2.24, 2.45) is 0 Å². The Balaban J connectivity index is 1.11. The second kappa shape index (κ2) is 25.1. The van der Waals surface area contributed by atoms with Crippen molar-refractivity contribution in [3.05, 3.63) is 276 Å². The number of para-hydroxylation sites is 4. The summed E-state index contributed by atoms with van der Waals surface area (Å²) in [6.07, 6.45) is 0. The molecule has 12 nitrogen and oxygen atoms in total. The third-order valence-electron chi connectivity index (χ3n) is 17.9. The SMILES string of the molecule is [C-]#[N+]c1ccc(-c2cc(-c3nc(-c4cc(C(C)(C)C)cc(C(C)(C)C)c4)nc(-c4cc(C(C)(C)C)cc(C(C)(C)C)c4)n3)cc(-c3nc(-c4ccccc4)nc(-c4ccccc4)n3)c2N2c3ccccc3N(c3nc(-c4ccccc4)nc(-c4ccccc4)n3)c3ccccc32)cc1. The van der Waals surface area contributed by atoms with Crippen molar-refractivity contribution in [3.63, 3.8) is 0 Å². The fraction of sp³-hybridized carbons (Fsp3) is 0.186. The third kappa shape index (κ3) is 12.7. The van der Waals surface area contributed by atoms with Gasteiger partial charge in [0.1, 0.15) is 0 Å². The van der Waals surface area contributed by atoms with Gasteiger partial charge in [-0.15, -0.1) is 0 Å². The summed E-state index contributed by atoms with van der Waals surface area (Å²) >= 11 is 0. The van der Waals surface area contributed by atoms with Gasteiger partial charge in [-0.25, -0.2) is 39.7 Å². The van der Waals surface area contributed by atoms with Gasteiger partial charge < -0.3 is 4.90 Å². The summed E-state index contributed by atoms with van der Waals surface area (Å²) in [5.74, 6) is 4.40. The van der Waals surface area contributed by atoms with Gasteiger partial charge in [-0.3, -0.25) is 4.90 Å². The predicted octanol–water partition coefficient (Wildman–Crippen LogP) is 22.2. The van der Waals surface area contributed by atoms with Gasteiger partial charge in [0, 0.05) is 50.1 Å². The number of nitrogens with zero attached hydrogens (tertiary/aromatic N) is 12. The van der Waals surface area contributed by atoms with Crippen LogP contribution in [0.4, 0.5) is 40.1 Å². The first-order valence-corrected chi connectivity index (χ1v) is 33.3. The van der Waals surface area contributed by atoms with Crippen molar-refractivity contribution >= 4 is 40.1 Å². The zero-order valence-electron chi connectivity index (χ0n) is 57.5. The Bertz CT molecular complexity index is 4870. The molecule has 0 fully saturated rings. The second-order valence-electron chi connectivity index (χ2n) is 29.2. The Morgan fingerprint density at radius 1 is 0.255 bits per heavy atom. The van der Waals surface area contributed by atoms with Gasteiger partial charge in [0.15, 0.2) is 52.3 Å². The summed E-state index contributed by atoms with van der Waals surface area (Å²) < 4.78 is 0. The topological polar surface area (TPSA) is 127 Å². The fourth-order valence-corrected chi connectivity index (χ4v) is 12.3. The van der Waals surface area contributed by atoms with Gasteiger partial charge in [-0.2, -0.15) is 9.97 Å². The molecule has 0 atom stereocenters. The third-order valence-corrected chi connectivity index (χ3v) is 17.9. The highest BCUT2D eigenvalue weighted by atomic mass is 15.3. The van der Waals surface area contributed by atoms with Crippen molar-refractivity contribution in [1.82, 2.24) is 44.9 Å². The predicted molar refractivity (Wildman–Crippen MR) is 400 cm³/mol. The molecule has 0 radical (unpaired) electrons. The van der Waals surface area contributed by atoms with Gasteiger partial charge in [0.25, 0.3) is 0 Å². The Labute approximate surface area is 574 Å². The summed E-state index contributed by atoms with van der Waals surface area (Å²) in [6.45, 7) is 35.3. The van der Waals surface area contributed by atoms with E-state index in [1.807, 2.05) is 158 Å². The number of anilines is 6. The molecular formula is C86H76N12. The zero-order valence-corrected chi connectivity index (χ0v) is 57.5. The van der Waals surface area contributed by atoms with E-state index in [4.69, 9.17) is 51.4 Å². The van der Waals surface area contributed by atoms with Gasteiger partial charge in [-0.05, 0) is 110 Å². The largest absolute Gasteiger partial charge is 0.305 e. The van der Waals surface area contributed by atoms with E-state index in [0.717, 1.165) is 72.9 Å². The summed E-state index contributed by atoms with van der Waals surface area (Å²) in [7, 11) is 0. The molecule has 4 heterocycles. The molecular weight excluding hydrogens is 1200 g/mol. The molecule has 0 saturated heterocycles. The minimum Gasteiger partial charge on any atom is -0.305 e. The van der Waals surface area contributed by atoms with Crippen molar-refractivity contribution in [1.29, 1.82) is 0 Å². The lowest BCUT2D eigenvalue weighted by atomic mass is 9.79. The van der Waals surface area contributed by atoms with Crippen LogP contribution >= 0.6 is 0 Å². The molecule has 1 aliphatic rings. The highest BCUT2D eigenvalue weighted by molar-refractivity contribution is 6.07. The Kier molecular flexibility index (Phi) is 16.3. The van der Waals surface area contributed by atoms with E-state index < -0.39 is 0 Å². The van der Waals surface area contributed by atoms with Crippen LogP contribution in [0.25, 0.3) is 107 Å². The van der Waals surface area contributed by atoms with Crippen molar-refractivity contribution in [2.75, 3.05) is 9.80 Å². The Morgan fingerprint density at radius 3 is 0.857 bits per heavy atom. The van der Waals surface area contributed by atoms with Crippen LogP contribution in [0.1, 0.15) is 105 Å². The van der Waals surface area contributed by atoms with Gasteiger partial charge in [-0.1, -0.05) is 265 Å². The van der Waals surface area contributed by atoms with Crippen molar-refractivity contribution in [3.8, 4) is 102 Å². The first kappa shape index (κ1) is 63.7. The van der Waals surface area contributed by atoms with E-state index in [1.165, 1.54) is 22.3 Å². The van der Waals surface area contributed by atoms with Crippen molar-refractivity contribution < 1.29 is 0 Å². The molecule has 480 valence electrons. The number of fused-ring (bicyclic) bond motifs is 2. The fourth-order valence-electron chi connectivity index (χ4n) is 12.3. The molecule has 0 spiro atoms. The van der Waals surface area contributed by atoms with Crippen molar-refractivity contribution in [2.45, 2.75) is 105 Å². The molecule has 12 heteroatoms. The van der Waals surface area contributed by atoms with E-state index in [2.05, 4.69) is 183 Å². The van der Waals surface area contributed by atoms with E-state index in [0.29, 0.717) is 69.4 Å². The molecule has 10 aromatic carbocycles. The quantitative estimate of drug-likeness (QED) is 0.115. The van der Waals surface area contributed by atoms with Crippen LogP contribution in [-0.4, -0.2) is 44.9 Å². The first-order chi connectivity index (χ1) is 47.0. The molecule has 13 aromatic rings. The van der Waals surface area contributed by atoms with Crippen LogP contribution < -0.4 is 9.80 Å². The number of hydrogen-bond donors (Lipinski definition) is 0. The molecule has 3 aromatic heterocycles. The summed E-state index contributed by atoms with van der Waals surface area (Å²) in [5.41, 5.74) is 16.4. The maximum atomic E-state index is 8.20. The second-order valence-corrected chi connectivity index (χ2v) is 29.2. The molecule has 14 rings (SSSR count). The summed E-state index contributed by atoms with van der Waals surface area (Å²) in [5, 5.41) is 0. The van der Waals surface area contributed by atoms with Crippen LogP contribution in [0.15, 0.2) is 243 Å². The van der Waals surface area contributed by atoms with E-state index in [1.54, 1.807) is 0 Å². The standard InChI is InChI=1S/C86H76N12/c1-83(2,3)62-46-59(47-63(52-62)84(4,5)6)78-90-79(60-48-64(85(7,8)9)53-65(49-60)86(10,11)12)92-80(91-78)61-50-67(54-42-44-66(87-13)45-43-54)73(68(51-61)81-93-74(55-30-18-14-19-31-55)88-75(94-81)56-32-20-15-21-33-56)97-69-38-26-28-40-71(69)98(72-41-29-27-39-70(72)97)82-95-76(57-34-22-16-23-35-57)89-77(96-82)58-36-24-17-25-37-58/h14-53H,1-12H3. The molecule has 0 aliphatic carbocycles. The Hall–Kier alpha value is -11.7. The number of benzene rings is 10. The van der Waals surface area contributed by atoms with Crippen LogP contribution in [0.2, 0.25) is 0 Å². The molecule has 0 bridgehead atoms. The van der Waals surface area contributed by atoms with Crippen LogP contribution in [-0.2, 0) is 21.7 Å². The lowest BCUT2D eigenvalue weighted by molar-refractivity contribution is 0.568. The average Bonchev–Trinajstić information content (AvgIpc) is 0.718. The molecule has 1 aliphatic heterocycles. The van der Waals surface area contributed by atoms with Gasteiger partial charge >= 0.3 is 0 Å². The number of rotatable bonds is 11. The summed E-state index contributed by atoms with van der Waals surface area (Å²) in [6, 6.07) is 82.7. The van der Waals surface area contributed by atoms with E-state index in [-0.39, 0.29) is 21.7 Å². The monoisotopic (exact) mass is 1280 g/mol. The lowest BCUT2D eigenvalue weighted by Gasteiger charge is -2.40. The lowest BCUT2D eigenvalue weighted by Crippen LogP contribution is -2.26. The maximum absolute atomic E-state index is 8.20. The maximum Gasteiger partial charge on any atom is 0.238 e. The smallest absolute Gasteiger partial charge is 0.238 e. The van der Waals surface area contributed by atoms with Crippen LogP contribution in [0.5, 0.6) is 0 Å². The molecule has 0 saturated carbocycles. The number of hydrogen-bond acceptors (Lipinski definition) is 11. The van der Waals surface area contributed by atoms with E-state index >= 15 is 0 Å². The van der Waals surface area contributed by atoms with Gasteiger partial charge in [0.2, 0.25) is 5.95 Å². The van der Waals surface area contributed by atoms with Crippen LogP contribution in [0, 0.1) is 6.57 Å².